The molecule has 1 aromatic carbocycles. The van der Waals surface area contributed by atoms with Crippen LogP contribution in [-0.4, -0.2) is 52.4 Å². The number of rotatable bonds is 2. The van der Waals surface area contributed by atoms with Gasteiger partial charge in [0.25, 0.3) is 0 Å². The van der Waals surface area contributed by atoms with Gasteiger partial charge in [-0.25, -0.2) is 0 Å². The molecule has 0 spiro atoms. The van der Waals surface area contributed by atoms with Gasteiger partial charge in [-0.2, -0.15) is 0 Å². The Balaban J connectivity index is 1.35. The zero-order valence-electron chi connectivity index (χ0n) is 17.3. The van der Waals surface area contributed by atoms with Gasteiger partial charge in [0.15, 0.2) is 10.9 Å². The summed E-state index contributed by atoms with van der Waals surface area (Å²) in [4.78, 5) is 16.8. The van der Waals surface area contributed by atoms with Crippen molar-refractivity contribution >= 4 is 28.8 Å². The predicted molar refractivity (Wildman–Crippen MR) is 121 cm³/mol. The van der Waals surface area contributed by atoms with E-state index in [1.54, 1.807) is 12.5 Å². The first kappa shape index (κ1) is 19.3. The third-order valence-corrected chi connectivity index (χ3v) is 7.80. The van der Waals surface area contributed by atoms with Crippen LogP contribution in [0.4, 0.5) is 5.69 Å². The van der Waals surface area contributed by atoms with Gasteiger partial charge in [0, 0.05) is 30.4 Å². The number of fused-ring (bicyclic) bond motifs is 6. The number of thiocarbonyl (C=S) groups is 1. The Labute approximate surface area is 179 Å². The highest BCUT2D eigenvalue weighted by Gasteiger charge is 2.46. The van der Waals surface area contributed by atoms with Crippen molar-refractivity contribution < 1.29 is 4.79 Å². The van der Waals surface area contributed by atoms with E-state index in [0.717, 1.165) is 34.9 Å². The standard InChI is InChI=1S/C24H31N3OS/c1-16(28)17-7-9-21(10-8-17)25-24(29)27-12-4-5-18-13-19-14-20(23(18)27)15-26-11-3-2-6-22(19)26/h7-10,13,19-20,22-23H,2-6,11-12,14-15H2,1H3,(H,25,29)/t19-,20-,22+,23+/m0/s1. The number of Topliss-reactive ketones (excluding diaryl/α,β-unsaturated/α-hetero) is 1. The number of nitrogens with one attached hydrogen (secondary N) is 1. The molecule has 29 heavy (non-hydrogen) atoms. The molecule has 0 saturated carbocycles. The van der Waals surface area contributed by atoms with Crippen LogP contribution in [0.1, 0.15) is 55.8 Å². The summed E-state index contributed by atoms with van der Waals surface area (Å²) in [5, 5.41) is 4.28. The molecule has 4 aliphatic rings. The average Bonchev–Trinajstić information content (AvgIpc) is 2.74. The summed E-state index contributed by atoms with van der Waals surface area (Å²) in [6.45, 7) is 5.14. The topological polar surface area (TPSA) is 35.6 Å². The summed E-state index contributed by atoms with van der Waals surface area (Å²) >= 11 is 5.88. The van der Waals surface area contributed by atoms with E-state index in [2.05, 4.69) is 21.2 Å². The fraction of sp³-hybridized carbons (Fsp3) is 0.583. The summed E-state index contributed by atoms with van der Waals surface area (Å²) in [6, 6.07) is 8.90. The van der Waals surface area contributed by atoms with E-state index in [0.29, 0.717) is 12.0 Å². The van der Waals surface area contributed by atoms with Crippen LogP contribution in [0, 0.1) is 11.8 Å². The molecule has 0 aromatic heterocycles. The van der Waals surface area contributed by atoms with Crippen LogP contribution in [-0.2, 0) is 0 Å². The lowest BCUT2D eigenvalue weighted by atomic mass is 9.68. The van der Waals surface area contributed by atoms with Crippen molar-refractivity contribution in [1.29, 1.82) is 0 Å². The molecule has 4 atom stereocenters. The first-order valence-corrected chi connectivity index (χ1v) is 11.6. The normalized spacial score (nSPS) is 31.3. The molecule has 3 aliphatic heterocycles. The van der Waals surface area contributed by atoms with Crippen molar-refractivity contribution in [3.05, 3.63) is 41.5 Å². The largest absolute Gasteiger partial charge is 0.342 e. The van der Waals surface area contributed by atoms with Gasteiger partial charge in [-0.1, -0.05) is 18.1 Å². The molecule has 0 unspecified atom stereocenters. The summed E-state index contributed by atoms with van der Waals surface area (Å²) < 4.78 is 0. The molecule has 5 heteroatoms. The van der Waals surface area contributed by atoms with Gasteiger partial charge in [-0.3, -0.25) is 9.69 Å². The summed E-state index contributed by atoms with van der Waals surface area (Å²) in [5.41, 5.74) is 3.34. The quantitative estimate of drug-likeness (QED) is 0.443. The van der Waals surface area contributed by atoms with E-state index >= 15 is 0 Å². The molecule has 3 heterocycles. The van der Waals surface area contributed by atoms with Crippen LogP contribution in [0.15, 0.2) is 35.9 Å². The van der Waals surface area contributed by atoms with Gasteiger partial charge in [0.2, 0.25) is 0 Å². The van der Waals surface area contributed by atoms with Crippen molar-refractivity contribution in [2.24, 2.45) is 11.8 Å². The number of nitrogens with zero attached hydrogens (tertiary/aromatic N) is 2. The highest BCUT2D eigenvalue weighted by Crippen LogP contribution is 2.45. The van der Waals surface area contributed by atoms with Crippen molar-refractivity contribution in [2.75, 3.05) is 25.0 Å². The molecule has 5 rings (SSSR count). The van der Waals surface area contributed by atoms with Crippen LogP contribution < -0.4 is 5.32 Å². The molecule has 2 bridgehead atoms. The second-order valence-electron chi connectivity index (χ2n) is 9.26. The first-order valence-electron chi connectivity index (χ1n) is 11.2. The smallest absolute Gasteiger partial charge is 0.173 e. The lowest BCUT2D eigenvalue weighted by Gasteiger charge is -2.55. The molecule has 3 saturated heterocycles. The second-order valence-corrected chi connectivity index (χ2v) is 9.65. The molecule has 4 nitrogen and oxygen atoms in total. The van der Waals surface area contributed by atoms with Gasteiger partial charge in [0.05, 0.1) is 6.04 Å². The van der Waals surface area contributed by atoms with E-state index in [4.69, 9.17) is 12.2 Å². The Kier molecular flexibility index (Phi) is 5.21. The minimum absolute atomic E-state index is 0.0926. The molecule has 1 aromatic rings. The summed E-state index contributed by atoms with van der Waals surface area (Å²) in [7, 11) is 0. The molecular weight excluding hydrogens is 378 g/mol. The van der Waals surface area contributed by atoms with E-state index in [1.165, 1.54) is 51.6 Å². The number of piperidine rings is 3. The zero-order valence-corrected chi connectivity index (χ0v) is 18.1. The van der Waals surface area contributed by atoms with Gasteiger partial charge in [-0.05, 0) is 93.9 Å². The van der Waals surface area contributed by atoms with Crippen molar-refractivity contribution in [3.63, 3.8) is 0 Å². The van der Waals surface area contributed by atoms with Crippen molar-refractivity contribution in [3.8, 4) is 0 Å². The second kappa shape index (κ2) is 7.84. The van der Waals surface area contributed by atoms with Crippen LogP contribution in [0.3, 0.4) is 0 Å². The molecular formula is C24H31N3OS. The fourth-order valence-corrected chi connectivity index (χ4v) is 6.51. The Morgan fingerprint density at radius 2 is 1.97 bits per heavy atom. The van der Waals surface area contributed by atoms with E-state index in [9.17, 15) is 4.79 Å². The van der Waals surface area contributed by atoms with Gasteiger partial charge in [0.1, 0.15) is 0 Å². The average molecular weight is 410 g/mol. The number of carbonyl (C=O) groups excluding carboxylic acids is 1. The molecule has 1 N–H and O–H groups in total. The number of likely N-dealkylation sites (tertiary alicyclic amines) is 1. The molecule has 3 fully saturated rings. The Morgan fingerprint density at radius 3 is 2.76 bits per heavy atom. The third kappa shape index (κ3) is 3.64. The number of benzene rings is 1. The van der Waals surface area contributed by atoms with E-state index < -0.39 is 0 Å². The first-order chi connectivity index (χ1) is 14.1. The molecule has 0 radical (unpaired) electrons. The number of hydrogen-bond donors (Lipinski definition) is 1. The van der Waals surface area contributed by atoms with Gasteiger partial charge < -0.3 is 10.2 Å². The maximum absolute atomic E-state index is 11.5. The van der Waals surface area contributed by atoms with E-state index in [1.807, 2.05) is 24.3 Å². The van der Waals surface area contributed by atoms with Crippen LogP contribution >= 0.6 is 12.2 Å². The summed E-state index contributed by atoms with van der Waals surface area (Å²) in [5.74, 6) is 1.53. The van der Waals surface area contributed by atoms with Gasteiger partial charge >= 0.3 is 0 Å². The fourth-order valence-electron chi connectivity index (χ4n) is 6.18. The minimum Gasteiger partial charge on any atom is -0.342 e. The predicted octanol–water partition coefficient (Wildman–Crippen LogP) is 4.48. The van der Waals surface area contributed by atoms with Crippen LogP contribution in [0.25, 0.3) is 0 Å². The molecule has 1 aliphatic carbocycles. The van der Waals surface area contributed by atoms with Crippen molar-refractivity contribution in [2.45, 2.75) is 57.5 Å². The Hall–Kier alpha value is -1.72. The third-order valence-electron chi connectivity index (χ3n) is 7.46. The highest BCUT2D eigenvalue weighted by molar-refractivity contribution is 7.80. The lowest BCUT2D eigenvalue weighted by Crippen LogP contribution is -2.60. The Morgan fingerprint density at radius 1 is 1.14 bits per heavy atom. The Bertz CT molecular complexity index is 833. The number of carbonyl (C=O) groups is 1. The highest BCUT2D eigenvalue weighted by atomic mass is 32.1. The molecule has 154 valence electrons. The van der Waals surface area contributed by atoms with Crippen LogP contribution in [0.2, 0.25) is 0 Å². The van der Waals surface area contributed by atoms with Crippen molar-refractivity contribution in [1.82, 2.24) is 9.80 Å². The van der Waals surface area contributed by atoms with E-state index in [-0.39, 0.29) is 5.78 Å². The maximum Gasteiger partial charge on any atom is 0.173 e. The summed E-state index contributed by atoms with van der Waals surface area (Å²) in [6.07, 6.45) is 10.5. The van der Waals surface area contributed by atoms with Gasteiger partial charge in [-0.15, -0.1) is 0 Å². The maximum atomic E-state index is 11.5. The lowest BCUT2D eigenvalue weighted by molar-refractivity contribution is 0.0132. The molecule has 0 amide bonds. The van der Waals surface area contributed by atoms with Crippen LogP contribution in [0.5, 0.6) is 0 Å². The number of hydrogen-bond acceptors (Lipinski definition) is 3. The monoisotopic (exact) mass is 409 g/mol. The number of anilines is 1. The SMILES string of the molecule is CC(=O)c1ccc(NC(=S)N2CCCC3=C[C@H]4C[C@@H](CN5CCCC[C@H]45)[C@@H]32)cc1. The number of ketones is 1. The minimum atomic E-state index is 0.0926. The zero-order chi connectivity index (χ0) is 20.0.